The molecule has 0 aromatic heterocycles. The Hall–Kier alpha value is -3.28. The second kappa shape index (κ2) is 12.7. The SMILES string of the molecule is C=C[C@@]1(Cc2ccccc2)C[C@@H](OCc2ccccc2)[C@@H](CO[Si](c2ccccc2)(c2ccccc2)C(C)(C)C)O1. The lowest BCUT2D eigenvalue weighted by atomic mass is 9.90. The molecule has 0 aliphatic carbocycles. The van der Waals surface area contributed by atoms with E-state index in [4.69, 9.17) is 13.9 Å². The number of ether oxygens (including phenoxy) is 2. The molecule has 1 aliphatic rings. The van der Waals surface area contributed by atoms with Gasteiger partial charge in [-0.15, -0.1) is 6.58 Å². The van der Waals surface area contributed by atoms with Crippen LogP contribution < -0.4 is 10.4 Å². The molecule has 1 heterocycles. The van der Waals surface area contributed by atoms with Crippen molar-refractivity contribution in [3.8, 4) is 0 Å². The maximum absolute atomic E-state index is 7.32. The first-order chi connectivity index (χ1) is 19.9. The minimum Gasteiger partial charge on any atom is -0.405 e. The molecule has 0 saturated carbocycles. The van der Waals surface area contributed by atoms with Crippen molar-refractivity contribution in [2.75, 3.05) is 6.61 Å². The number of rotatable bonds is 11. The molecule has 4 aromatic carbocycles. The lowest BCUT2D eigenvalue weighted by Crippen LogP contribution is -2.67. The molecule has 0 unspecified atom stereocenters. The highest BCUT2D eigenvalue weighted by atomic mass is 28.4. The van der Waals surface area contributed by atoms with E-state index in [2.05, 4.69) is 137 Å². The van der Waals surface area contributed by atoms with Crippen molar-refractivity contribution in [3.63, 3.8) is 0 Å². The van der Waals surface area contributed by atoms with E-state index in [0.29, 0.717) is 13.2 Å². The summed E-state index contributed by atoms with van der Waals surface area (Å²) in [7, 11) is -2.73. The maximum Gasteiger partial charge on any atom is 0.261 e. The molecular formula is C37H42O3Si. The largest absolute Gasteiger partial charge is 0.405 e. The van der Waals surface area contributed by atoms with Crippen LogP contribution in [-0.2, 0) is 26.9 Å². The molecule has 1 fully saturated rings. The van der Waals surface area contributed by atoms with Gasteiger partial charge in [-0.2, -0.15) is 0 Å². The molecule has 1 aliphatic heterocycles. The average molecular weight is 563 g/mol. The number of benzene rings is 4. The lowest BCUT2D eigenvalue weighted by Gasteiger charge is -2.43. The molecule has 0 N–H and O–H groups in total. The van der Waals surface area contributed by atoms with Crippen LogP contribution in [-0.4, -0.2) is 32.7 Å². The summed E-state index contributed by atoms with van der Waals surface area (Å²) in [6.45, 7) is 12.1. The Morgan fingerprint density at radius 2 is 1.27 bits per heavy atom. The summed E-state index contributed by atoms with van der Waals surface area (Å²) >= 11 is 0. The topological polar surface area (TPSA) is 27.7 Å². The third-order valence-corrected chi connectivity index (χ3v) is 13.3. The molecule has 0 amide bonds. The summed E-state index contributed by atoms with van der Waals surface area (Å²) in [5.74, 6) is 0. The van der Waals surface area contributed by atoms with Crippen LogP contribution in [0.15, 0.2) is 134 Å². The molecule has 0 radical (unpaired) electrons. The molecule has 41 heavy (non-hydrogen) atoms. The van der Waals surface area contributed by atoms with Crippen LogP contribution in [0.2, 0.25) is 5.04 Å². The Kier molecular flexibility index (Phi) is 9.05. The van der Waals surface area contributed by atoms with Crippen molar-refractivity contribution in [2.45, 2.75) is 63.1 Å². The average Bonchev–Trinajstić information content (AvgIpc) is 3.35. The van der Waals surface area contributed by atoms with Gasteiger partial charge in [-0.05, 0) is 26.5 Å². The molecule has 0 bridgehead atoms. The predicted molar refractivity (Wildman–Crippen MR) is 171 cm³/mol. The van der Waals surface area contributed by atoms with Gasteiger partial charge < -0.3 is 13.9 Å². The second-order valence-electron chi connectivity index (χ2n) is 12.1. The third-order valence-electron chi connectivity index (χ3n) is 8.25. The zero-order valence-electron chi connectivity index (χ0n) is 24.5. The van der Waals surface area contributed by atoms with E-state index in [9.17, 15) is 0 Å². The minimum absolute atomic E-state index is 0.117. The molecule has 1 saturated heterocycles. The van der Waals surface area contributed by atoms with Gasteiger partial charge in [0.1, 0.15) is 6.10 Å². The van der Waals surface area contributed by atoms with Gasteiger partial charge >= 0.3 is 0 Å². The van der Waals surface area contributed by atoms with Crippen molar-refractivity contribution in [3.05, 3.63) is 145 Å². The van der Waals surface area contributed by atoms with Gasteiger partial charge in [0.15, 0.2) is 0 Å². The Labute approximate surface area is 246 Å². The van der Waals surface area contributed by atoms with Crippen molar-refractivity contribution in [1.82, 2.24) is 0 Å². The smallest absolute Gasteiger partial charge is 0.261 e. The fraction of sp³-hybridized carbons (Fsp3) is 0.297. The normalized spacial score (nSPS) is 21.0. The van der Waals surface area contributed by atoms with Crippen molar-refractivity contribution in [2.24, 2.45) is 0 Å². The highest BCUT2D eigenvalue weighted by molar-refractivity contribution is 6.99. The first-order valence-electron chi connectivity index (χ1n) is 14.6. The quantitative estimate of drug-likeness (QED) is 0.144. The Balaban J connectivity index is 1.47. The van der Waals surface area contributed by atoms with Gasteiger partial charge in [0, 0.05) is 12.8 Å². The molecule has 4 heteroatoms. The lowest BCUT2D eigenvalue weighted by molar-refractivity contribution is -0.0657. The monoisotopic (exact) mass is 562 g/mol. The van der Waals surface area contributed by atoms with Crippen LogP contribution in [0.1, 0.15) is 38.3 Å². The van der Waals surface area contributed by atoms with E-state index in [-0.39, 0.29) is 17.2 Å². The third kappa shape index (κ3) is 6.47. The summed E-state index contributed by atoms with van der Waals surface area (Å²) < 4.78 is 20.9. The Morgan fingerprint density at radius 3 is 1.76 bits per heavy atom. The van der Waals surface area contributed by atoms with Crippen LogP contribution >= 0.6 is 0 Å². The van der Waals surface area contributed by atoms with Crippen molar-refractivity contribution >= 4 is 18.7 Å². The van der Waals surface area contributed by atoms with Gasteiger partial charge in [-0.1, -0.05) is 148 Å². The van der Waals surface area contributed by atoms with Gasteiger partial charge in [0.2, 0.25) is 0 Å². The van der Waals surface area contributed by atoms with Crippen LogP contribution in [0, 0.1) is 0 Å². The number of hydrogen-bond donors (Lipinski definition) is 0. The Morgan fingerprint density at radius 1 is 0.780 bits per heavy atom. The standard InChI is InChI=1S/C37H42O3Si/c1-5-37(26-30-18-10-6-11-19-30)27-34(38-28-31-20-12-7-13-21-31)35(40-37)29-39-41(36(2,3)4,32-22-14-8-15-23-32)33-24-16-9-17-25-33/h5-25,34-35H,1,26-29H2,2-4H3/t34-,35-,37-/m1/s1. The van der Waals surface area contributed by atoms with E-state index in [1.165, 1.54) is 15.9 Å². The molecule has 3 atom stereocenters. The summed E-state index contributed by atoms with van der Waals surface area (Å²) in [5.41, 5.74) is 1.85. The fourth-order valence-electron chi connectivity index (χ4n) is 6.21. The summed E-state index contributed by atoms with van der Waals surface area (Å²) in [5, 5.41) is 2.41. The van der Waals surface area contributed by atoms with Crippen molar-refractivity contribution < 1.29 is 13.9 Å². The molecular weight excluding hydrogens is 520 g/mol. The van der Waals surface area contributed by atoms with E-state index in [1.54, 1.807) is 0 Å². The first kappa shape index (κ1) is 29.2. The predicted octanol–water partition coefficient (Wildman–Crippen LogP) is 7.10. The van der Waals surface area contributed by atoms with Gasteiger partial charge in [0.05, 0.1) is 24.9 Å². The molecule has 5 rings (SSSR count). The first-order valence-corrected chi connectivity index (χ1v) is 16.5. The summed E-state index contributed by atoms with van der Waals surface area (Å²) in [6.07, 6.45) is 3.09. The molecule has 0 spiro atoms. The zero-order chi connectivity index (χ0) is 28.8. The molecule has 3 nitrogen and oxygen atoms in total. The van der Waals surface area contributed by atoms with E-state index in [0.717, 1.165) is 18.4 Å². The van der Waals surface area contributed by atoms with Crippen LogP contribution in [0.25, 0.3) is 0 Å². The minimum atomic E-state index is -2.73. The molecule has 4 aromatic rings. The van der Waals surface area contributed by atoms with Crippen LogP contribution in [0.5, 0.6) is 0 Å². The van der Waals surface area contributed by atoms with Gasteiger partial charge in [-0.3, -0.25) is 0 Å². The number of hydrogen-bond acceptors (Lipinski definition) is 3. The zero-order valence-corrected chi connectivity index (χ0v) is 25.5. The summed E-state index contributed by atoms with van der Waals surface area (Å²) in [4.78, 5) is 0. The molecule has 212 valence electrons. The van der Waals surface area contributed by atoms with E-state index < -0.39 is 13.9 Å². The maximum atomic E-state index is 7.32. The Bertz CT molecular complexity index is 1330. The van der Waals surface area contributed by atoms with Crippen LogP contribution in [0.3, 0.4) is 0 Å². The van der Waals surface area contributed by atoms with Gasteiger partial charge in [0.25, 0.3) is 8.32 Å². The van der Waals surface area contributed by atoms with E-state index >= 15 is 0 Å². The van der Waals surface area contributed by atoms with E-state index in [1.807, 2.05) is 18.2 Å². The highest BCUT2D eigenvalue weighted by Gasteiger charge is 2.52. The van der Waals surface area contributed by atoms with Gasteiger partial charge in [-0.25, -0.2) is 0 Å². The summed E-state index contributed by atoms with van der Waals surface area (Å²) in [6, 6.07) is 42.4. The van der Waals surface area contributed by atoms with Crippen LogP contribution in [0.4, 0.5) is 0 Å². The fourth-order valence-corrected chi connectivity index (χ4v) is 10.8. The highest BCUT2D eigenvalue weighted by Crippen LogP contribution is 2.40. The van der Waals surface area contributed by atoms with Crippen molar-refractivity contribution in [1.29, 1.82) is 0 Å². The second-order valence-corrected chi connectivity index (χ2v) is 16.4.